The number of carbonyl (C=O) groups is 1. The number of aromatic nitrogens is 2. The highest BCUT2D eigenvalue weighted by molar-refractivity contribution is 6.36. The highest BCUT2D eigenvalue weighted by Gasteiger charge is 2.36. The van der Waals surface area contributed by atoms with Crippen LogP contribution in [0.4, 0.5) is 24.7 Å². The van der Waals surface area contributed by atoms with Crippen molar-refractivity contribution in [2.75, 3.05) is 49.1 Å². The van der Waals surface area contributed by atoms with E-state index in [1.165, 1.54) is 11.0 Å². The predicted octanol–water partition coefficient (Wildman–Crippen LogP) is 5.60. The maximum absolute atomic E-state index is 14.6. The number of alkyl halides is 1. The van der Waals surface area contributed by atoms with E-state index >= 15 is 0 Å². The van der Waals surface area contributed by atoms with E-state index in [1.807, 2.05) is 36.9 Å². The van der Waals surface area contributed by atoms with Gasteiger partial charge in [-0.05, 0) is 44.2 Å². The van der Waals surface area contributed by atoms with E-state index in [0.29, 0.717) is 55.9 Å². The van der Waals surface area contributed by atoms with Crippen LogP contribution >= 0.6 is 11.6 Å². The summed E-state index contributed by atoms with van der Waals surface area (Å²) in [7, 11) is 0. The number of anilines is 2. The average Bonchev–Trinajstić information content (AvgIpc) is 3.45. The molecule has 3 aromatic rings. The standard InChI is InChI=1S/C34H37ClF3N7O2/c1-20(2)45-16-23(37)15-25(45)19-47-34-40-28-18-42(29-6-4-5-22-7-8-27(38)31(35)30(22)29)12-10-26(28)32(41-34)43-13-14-44(33(46)21(3)36)24(17-43)9-11-39/h4-8,20,23-25H,3,9-10,12-19H2,1-2H3/t23-,24+,25+/m1/s1. The number of hydrogen-bond donors (Lipinski definition) is 0. The molecule has 2 fully saturated rings. The van der Waals surface area contributed by atoms with Gasteiger partial charge in [0.05, 0.1) is 35.8 Å². The molecule has 0 radical (unpaired) electrons. The SMILES string of the molecule is C=C(F)C(=O)N1CCN(c2nc(OC[C@@H]3C[C@@H](F)CN3C(C)C)nc3c2CCN(c2cccc4ccc(F)c(Cl)c24)C3)C[C@@H]1CC#N. The van der Waals surface area contributed by atoms with Gasteiger partial charge in [0.2, 0.25) is 0 Å². The van der Waals surface area contributed by atoms with Crippen LogP contribution in [0.15, 0.2) is 42.7 Å². The molecule has 47 heavy (non-hydrogen) atoms. The highest BCUT2D eigenvalue weighted by Crippen LogP contribution is 2.38. The summed E-state index contributed by atoms with van der Waals surface area (Å²) >= 11 is 6.48. The Bertz CT molecular complexity index is 1730. The Morgan fingerprint density at radius 2 is 1.96 bits per heavy atom. The molecular weight excluding hydrogens is 631 g/mol. The van der Waals surface area contributed by atoms with E-state index in [-0.39, 0.29) is 49.2 Å². The van der Waals surface area contributed by atoms with Gasteiger partial charge in [-0.2, -0.15) is 15.2 Å². The van der Waals surface area contributed by atoms with Gasteiger partial charge in [0.1, 0.15) is 24.4 Å². The predicted molar refractivity (Wildman–Crippen MR) is 175 cm³/mol. The smallest absolute Gasteiger partial charge is 0.318 e. The molecule has 0 spiro atoms. The maximum Gasteiger partial charge on any atom is 0.318 e. The zero-order valence-corrected chi connectivity index (χ0v) is 27.2. The van der Waals surface area contributed by atoms with Crippen molar-refractivity contribution >= 4 is 39.8 Å². The summed E-state index contributed by atoms with van der Waals surface area (Å²) in [6, 6.07) is 10.5. The van der Waals surface area contributed by atoms with Crippen molar-refractivity contribution in [2.24, 2.45) is 0 Å². The molecule has 2 saturated heterocycles. The lowest BCUT2D eigenvalue weighted by molar-refractivity contribution is -0.131. The Morgan fingerprint density at radius 3 is 2.70 bits per heavy atom. The summed E-state index contributed by atoms with van der Waals surface area (Å²) in [6.07, 6.45) is -0.0258. The fraction of sp³-hybridized carbons (Fsp3) is 0.471. The van der Waals surface area contributed by atoms with Gasteiger partial charge >= 0.3 is 6.01 Å². The summed E-state index contributed by atoms with van der Waals surface area (Å²) in [5.74, 6) is -1.76. The molecule has 3 aliphatic heterocycles. The Hall–Kier alpha value is -4.08. The zero-order chi connectivity index (χ0) is 33.4. The zero-order valence-electron chi connectivity index (χ0n) is 26.4. The Kier molecular flexibility index (Phi) is 9.48. The second-order valence-electron chi connectivity index (χ2n) is 12.6. The number of amides is 1. The first-order valence-corrected chi connectivity index (χ1v) is 16.2. The number of piperazine rings is 1. The van der Waals surface area contributed by atoms with Crippen molar-refractivity contribution in [1.82, 2.24) is 19.8 Å². The van der Waals surface area contributed by atoms with Crippen LogP contribution in [0.1, 0.15) is 37.9 Å². The number of benzene rings is 2. The van der Waals surface area contributed by atoms with Gasteiger partial charge < -0.3 is 19.4 Å². The summed E-state index contributed by atoms with van der Waals surface area (Å²) in [5.41, 5.74) is 2.38. The molecule has 3 atom stereocenters. The van der Waals surface area contributed by atoms with Crippen molar-refractivity contribution in [3.63, 3.8) is 0 Å². The van der Waals surface area contributed by atoms with Crippen LogP contribution in [0, 0.1) is 17.1 Å². The topological polar surface area (TPSA) is 88.8 Å². The first-order chi connectivity index (χ1) is 22.5. The fourth-order valence-corrected chi connectivity index (χ4v) is 7.34. The third-order valence-corrected chi connectivity index (χ3v) is 9.72. The van der Waals surface area contributed by atoms with Crippen molar-refractivity contribution < 1.29 is 22.7 Å². The fourth-order valence-electron chi connectivity index (χ4n) is 7.08. The lowest BCUT2D eigenvalue weighted by Gasteiger charge is -2.42. The molecule has 6 rings (SSSR count). The Balaban J connectivity index is 1.35. The lowest BCUT2D eigenvalue weighted by atomic mass is 10.0. The molecule has 3 aliphatic rings. The number of carbonyl (C=O) groups excluding carboxylic acids is 1. The van der Waals surface area contributed by atoms with Gasteiger partial charge in [0.15, 0.2) is 5.83 Å². The molecule has 2 aromatic carbocycles. The van der Waals surface area contributed by atoms with Crippen LogP contribution in [0.3, 0.4) is 0 Å². The molecule has 0 unspecified atom stereocenters. The van der Waals surface area contributed by atoms with Gasteiger partial charge in [-0.25, -0.2) is 13.2 Å². The molecule has 1 amide bonds. The highest BCUT2D eigenvalue weighted by atomic mass is 35.5. The monoisotopic (exact) mass is 667 g/mol. The molecular formula is C34H37ClF3N7O2. The number of fused-ring (bicyclic) bond motifs is 2. The van der Waals surface area contributed by atoms with E-state index in [1.54, 1.807) is 6.07 Å². The minimum atomic E-state index is -1.07. The van der Waals surface area contributed by atoms with Crippen LogP contribution in [0.2, 0.25) is 5.02 Å². The van der Waals surface area contributed by atoms with E-state index in [4.69, 9.17) is 26.3 Å². The first-order valence-electron chi connectivity index (χ1n) is 15.9. The second-order valence-corrected chi connectivity index (χ2v) is 13.0. The van der Waals surface area contributed by atoms with Crippen LogP contribution in [-0.4, -0.2) is 89.3 Å². The maximum atomic E-state index is 14.6. The molecule has 0 bridgehead atoms. The molecule has 1 aromatic heterocycles. The van der Waals surface area contributed by atoms with Crippen molar-refractivity contribution in [2.45, 2.75) is 64.0 Å². The Morgan fingerprint density at radius 1 is 1.15 bits per heavy atom. The van der Waals surface area contributed by atoms with Gasteiger partial charge in [-0.15, -0.1) is 0 Å². The third-order valence-electron chi connectivity index (χ3n) is 9.35. The average molecular weight is 668 g/mol. The summed E-state index contributed by atoms with van der Waals surface area (Å²) in [6.45, 7) is 9.47. The van der Waals surface area contributed by atoms with Crippen LogP contribution in [0.5, 0.6) is 6.01 Å². The third kappa shape index (κ3) is 6.56. The summed E-state index contributed by atoms with van der Waals surface area (Å²) < 4.78 is 49.0. The van der Waals surface area contributed by atoms with Crippen LogP contribution in [0.25, 0.3) is 10.8 Å². The quantitative estimate of drug-likeness (QED) is 0.287. The number of nitriles is 1. The van der Waals surface area contributed by atoms with Crippen molar-refractivity contribution in [1.29, 1.82) is 5.26 Å². The molecule has 0 N–H and O–H groups in total. The number of nitrogens with zero attached hydrogens (tertiary/aromatic N) is 7. The lowest BCUT2D eigenvalue weighted by Crippen LogP contribution is -2.55. The second kappa shape index (κ2) is 13.6. The number of hydrogen-bond acceptors (Lipinski definition) is 8. The minimum absolute atomic E-state index is 0.00937. The van der Waals surface area contributed by atoms with Gasteiger partial charge in [-0.3, -0.25) is 9.69 Å². The van der Waals surface area contributed by atoms with E-state index < -0.39 is 29.8 Å². The number of ether oxygens (including phenoxy) is 1. The minimum Gasteiger partial charge on any atom is -0.462 e. The number of halogens is 4. The van der Waals surface area contributed by atoms with Crippen LogP contribution < -0.4 is 14.5 Å². The normalized spacial score (nSPS) is 21.7. The van der Waals surface area contributed by atoms with Crippen molar-refractivity contribution in [3.05, 3.63) is 64.8 Å². The Labute approximate surface area is 277 Å². The van der Waals surface area contributed by atoms with Gasteiger partial charge in [0.25, 0.3) is 5.91 Å². The summed E-state index contributed by atoms with van der Waals surface area (Å²) in [5, 5.41) is 11.0. The van der Waals surface area contributed by atoms with E-state index in [2.05, 4.69) is 22.4 Å². The molecule has 4 heterocycles. The van der Waals surface area contributed by atoms with E-state index in [9.17, 15) is 23.2 Å². The first kappa shape index (κ1) is 32.8. The van der Waals surface area contributed by atoms with Crippen molar-refractivity contribution in [3.8, 4) is 12.1 Å². The van der Waals surface area contributed by atoms with E-state index in [0.717, 1.165) is 16.6 Å². The number of rotatable bonds is 8. The number of likely N-dealkylation sites (tertiary alicyclic amines) is 1. The molecule has 0 aliphatic carbocycles. The van der Waals surface area contributed by atoms with Crippen LogP contribution in [-0.2, 0) is 17.8 Å². The van der Waals surface area contributed by atoms with Gasteiger partial charge in [-0.1, -0.05) is 36.4 Å². The molecule has 0 saturated carbocycles. The molecule has 248 valence electrons. The largest absolute Gasteiger partial charge is 0.462 e. The van der Waals surface area contributed by atoms with Gasteiger partial charge in [0, 0.05) is 61.4 Å². The molecule has 9 nitrogen and oxygen atoms in total. The molecule has 13 heteroatoms. The summed E-state index contributed by atoms with van der Waals surface area (Å²) in [4.78, 5) is 29.7.